The molecule has 0 spiro atoms. The van der Waals surface area contributed by atoms with E-state index < -0.39 is 11.9 Å². The third-order valence-electron chi connectivity index (χ3n) is 8.50. The molecule has 0 saturated heterocycles. The van der Waals surface area contributed by atoms with E-state index in [4.69, 9.17) is 18.9 Å². The van der Waals surface area contributed by atoms with Gasteiger partial charge < -0.3 is 29.2 Å². The molecule has 0 bridgehead atoms. The smallest absolute Gasteiger partial charge is 0.807 e. The normalized spacial score (nSPS) is 17.0. The number of rotatable bonds is 28. The first-order valence-corrected chi connectivity index (χ1v) is 17.9. The van der Waals surface area contributed by atoms with Crippen molar-refractivity contribution in [3.63, 3.8) is 0 Å². The van der Waals surface area contributed by atoms with E-state index in [2.05, 4.69) is 55.4 Å². The number of hydrogen-bond donors (Lipinski definition) is 0. The van der Waals surface area contributed by atoms with Crippen LogP contribution in [0.25, 0.3) is 0 Å². The fraction of sp³-hybridized carbons (Fsp3) is 1.00. The van der Waals surface area contributed by atoms with Gasteiger partial charge in [0.1, 0.15) is 0 Å². The molecule has 0 aliphatic carbocycles. The molecule has 0 radical (unpaired) electrons. The minimum atomic E-state index is -1.70. The van der Waals surface area contributed by atoms with Crippen LogP contribution >= 0.6 is 0 Å². The van der Waals surface area contributed by atoms with E-state index in [0.717, 1.165) is 51.4 Å². The van der Waals surface area contributed by atoms with Crippen LogP contribution in [0.2, 0.25) is 0 Å². The summed E-state index contributed by atoms with van der Waals surface area (Å²) in [6, 6.07) is 0. The molecule has 4 unspecified atom stereocenters. The zero-order valence-corrected chi connectivity index (χ0v) is 32.0. The van der Waals surface area contributed by atoms with Crippen LogP contribution in [0.5, 0.6) is 0 Å². The maximum atomic E-state index is 12.2. The first-order valence-electron chi connectivity index (χ1n) is 17.9. The Balaban J connectivity index is -0.000000727. The molecule has 0 aliphatic heterocycles. The van der Waals surface area contributed by atoms with Crippen molar-refractivity contribution >= 4 is 23.1 Å². The van der Waals surface area contributed by atoms with E-state index >= 15 is 0 Å². The van der Waals surface area contributed by atoms with Gasteiger partial charge in [-0.25, -0.2) is 0 Å². The van der Waals surface area contributed by atoms with Gasteiger partial charge in [0.2, 0.25) is 0 Å². The minimum absolute atomic E-state index is 0. The van der Waals surface area contributed by atoms with Crippen LogP contribution in [-0.2, 0) is 18.9 Å². The number of hydrogen-bond acceptors (Lipinski definition) is 6. The molecule has 0 fully saturated rings. The van der Waals surface area contributed by atoms with E-state index in [1.165, 1.54) is 65.2 Å². The van der Waals surface area contributed by atoms with Crippen molar-refractivity contribution in [1.82, 2.24) is 0 Å². The molecule has 0 rings (SSSR count). The molecule has 256 valence electrons. The molecule has 6 nitrogen and oxygen atoms in total. The van der Waals surface area contributed by atoms with Gasteiger partial charge >= 0.3 is 23.1 Å². The Bertz CT molecular complexity index is 468. The zero-order chi connectivity index (χ0) is 32.3. The van der Waals surface area contributed by atoms with Crippen molar-refractivity contribution in [2.75, 3.05) is 26.4 Å². The average molecular weight is 627 g/mol. The number of unbranched alkanes of at least 4 members (excludes halogenated alkanes) is 4. The molecule has 4 atom stereocenters. The molecule has 0 N–H and O–H groups in total. The molecular weight excluding hydrogens is 553 g/mol. The van der Waals surface area contributed by atoms with Gasteiger partial charge in [-0.15, -0.1) is 0 Å². The van der Waals surface area contributed by atoms with Crippen LogP contribution < -0.4 is 10.2 Å². The maximum absolute atomic E-state index is 12.2. The SMILES string of the molecule is CCCCC(CC)COC(C)([O-])OCC(CC)CCCC.CCCCC(CC)COC(C)([O-])OCC(CC)CCCC.[Mg+2]. The summed E-state index contributed by atoms with van der Waals surface area (Å²) in [6.45, 7) is 22.5. The van der Waals surface area contributed by atoms with Gasteiger partial charge in [-0.1, -0.05) is 132 Å². The van der Waals surface area contributed by atoms with Gasteiger partial charge in [0, 0.05) is 0 Å². The molecule has 43 heavy (non-hydrogen) atoms. The molecule has 0 aromatic heterocycles. The van der Waals surface area contributed by atoms with Crippen molar-refractivity contribution in [1.29, 1.82) is 0 Å². The standard InChI is InChI=1S/2C18H37O3.Mg/c2*1-6-10-12-16(8-3)14-20-18(5,19)21-15-17(9-4)13-11-7-2;/h2*16-17H,6-15H2,1-5H3;/q2*-1;+2. The average Bonchev–Trinajstić information content (AvgIpc) is 2.98. The Kier molecular flexibility index (Phi) is 34.7. The second-order valence-corrected chi connectivity index (χ2v) is 12.6. The van der Waals surface area contributed by atoms with Gasteiger partial charge in [-0.05, 0) is 63.2 Å². The van der Waals surface area contributed by atoms with E-state index in [-0.39, 0.29) is 23.1 Å². The third-order valence-corrected chi connectivity index (χ3v) is 8.50. The first-order chi connectivity index (χ1) is 20.0. The topological polar surface area (TPSA) is 83.0 Å². The van der Waals surface area contributed by atoms with Gasteiger partial charge in [-0.2, -0.15) is 0 Å². The van der Waals surface area contributed by atoms with E-state index in [1.54, 1.807) is 0 Å². The fourth-order valence-corrected chi connectivity index (χ4v) is 4.75. The summed E-state index contributed by atoms with van der Waals surface area (Å²) in [5.74, 6) is -1.49. The van der Waals surface area contributed by atoms with Crippen LogP contribution in [0, 0.1) is 23.7 Å². The van der Waals surface area contributed by atoms with E-state index in [0.29, 0.717) is 50.1 Å². The Labute approximate surface area is 285 Å². The second kappa shape index (κ2) is 31.1. The predicted octanol–water partition coefficient (Wildman–Crippen LogP) is 8.59. The molecule has 0 amide bonds. The Hall–Kier alpha value is 0.526. The van der Waals surface area contributed by atoms with Crippen LogP contribution in [0.3, 0.4) is 0 Å². The molecule has 0 aromatic rings. The monoisotopic (exact) mass is 627 g/mol. The van der Waals surface area contributed by atoms with Crippen LogP contribution in [0.15, 0.2) is 0 Å². The van der Waals surface area contributed by atoms with E-state index in [9.17, 15) is 10.2 Å². The van der Waals surface area contributed by atoms with E-state index in [1.807, 2.05) is 0 Å². The van der Waals surface area contributed by atoms with Crippen molar-refractivity contribution in [3.8, 4) is 0 Å². The summed E-state index contributed by atoms with van der Waals surface area (Å²) < 4.78 is 22.0. The Morgan fingerprint density at radius 2 is 0.605 bits per heavy atom. The quantitative estimate of drug-likeness (QED) is 0.0639. The fourth-order valence-electron chi connectivity index (χ4n) is 4.75. The zero-order valence-electron chi connectivity index (χ0n) is 30.6. The Morgan fingerprint density at radius 1 is 0.419 bits per heavy atom. The van der Waals surface area contributed by atoms with Gasteiger partial charge in [0.25, 0.3) is 0 Å². The maximum Gasteiger partial charge on any atom is 2.00 e. The van der Waals surface area contributed by atoms with Crippen LogP contribution in [0.1, 0.15) is 172 Å². The summed E-state index contributed by atoms with van der Waals surface area (Å²) in [5.41, 5.74) is 0. The molecule has 0 saturated carbocycles. The minimum Gasteiger partial charge on any atom is -0.807 e. The third kappa shape index (κ3) is 29.7. The van der Waals surface area contributed by atoms with Crippen molar-refractivity contribution in [2.24, 2.45) is 23.7 Å². The summed E-state index contributed by atoms with van der Waals surface area (Å²) in [4.78, 5) is 0. The van der Waals surface area contributed by atoms with Crippen LogP contribution in [0.4, 0.5) is 0 Å². The largest absolute Gasteiger partial charge is 2.00 e. The predicted molar refractivity (Wildman–Crippen MR) is 180 cm³/mol. The molecule has 0 aliphatic rings. The number of ether oxygens (including phenoxy) is 4. The summed E-state index contributed by atoms with van der Waals surface area (Å²) >= 11 is 0. The first kappa shape index (κ1) is 47.9. The summed E-state index contributed by atoms with van der Waals surface area (Å²) in [7, 11) is 0. The molecular formula is C36H74MgO6. The van der Waals surface area contributed by atoms with Crippen molar-refractivity contribution in [3.05, 3.63) is 0 Å². The van der Waals surface area contributed by atoms with Crippen LogP contribution in [-0.4, -0.2) is 61.4 Å². The summed E-state index contributed by atoms with van der Waals surface area (Å²) in [5, 5.41) is 24.5. The van der Waals surface area contributed by atoms with Gasteiger partial charge in [0.05, 0.1) is 38.4 Å². The van der Waals surface area contributed by atoms with Crippen molar-refractivity contribution < 1.29 is 29.2 Å². The molecule has 0 aromatic carbocycles. The molecule has 0 heterocycles. The van der Waals surface area contributed by atoms with Gasteiger partial charge in [0.15, 0.2) is 0 Å². The van der Waals surface area contributed by atoms with Gasteiger partial charge in [-0.3, -0.25) is 0 Å². The Morgan fingerprint density at radius 3 is 0.744 bits per heavy atom. The van der Waals surface area contributed by atoms with Crippen molar-refractivity contribution in [2.45, 2.75) is 184 Å². The molecule has 7 heteroatoms. The second-order valence-electron chi connectivity index (χ2n) is 12.6. The summed E-state index contributed by atoms with van der Waals surface area (Å²) in [6.07, 6.45) is 18.4.